The van der Waals surface area contributed by atoms with Gasteiger partial charge in [-0.05, 0) is 36.0 Å². The number of hydrogen-bond donors (Lipinski definition) is 1. The highest BCUT2D eigenvalue weighted by Gasteiger charge is 2.07. The van der Waals surface area contributed by atoms with Gasteiger partial charge >= 0.3 is 11.4 Å². The van der Waals surface area contributed by atoms with E-state index in [2.05, 4.69) is 5.32 Å². The van der Waals surface area contributed by atoms with Crippen LogP contribution in [0.1, 0.15) is 0 Å². The predicted octanol–water partition coefficient (Wildman–Crippen LogP) is 3.71. The Hall–Kier alpha value is -2.47. The lowest BCUT2D eigenvalue weighted by Gasteiger charge is -2.06. The second-order valence-corrected chi connectivity index (χ2v) is 5.17. The average Bonchev–Trinajstić information content (AvgIpc) is 2.53. The molecule has 2 aromatic carbocycles. The molecule has 0 spiro atoms. The second-order valence-electron chi connectivity index (χ2n) is 4.14. The number of nitrogens with one attached hydrogen (secondary N) is 1. The van der Waals surface area contributed by atoms with Crippen LogP contribution in [0.2, 0.25) is 0 Å². The van der Waals surface area contributed by atoms with E-state index in [0.29, 0.717) is 23.8 Å². The first-order chi connectivity index (χ1) is 10.7. The Morgan fingerprint density at radius 1 is 0.864 bits per heavy atom. The van der Waals surface area contributed by atoms with Crippen LogP contribution in [0.4, 0.5) is 9.59 Å². The third-order valence-electron chi connectivity index (χ3n) is 2.49. The molecule has 22 heavy (non-hydrogen) atoms. The van der Waals surface area contributed by atoms with Crippen molar-refractivity contribution in [3.8, 4) is 11.5 Å². The molecule has 0 aliphatic rings. The summed E-state index contributed by atoms with van der Waals surface area (Å²) < 4.78 is 10.1. The number of carbonyl (C=O) groups excluding carboxylic acids is 2. The fraction of sp³-hybridized carbons (Fsp3) is 0.125. The Labute approximate surface area is 132 Å². The minimum absolute atomic E-state index is 0.306. The van der Waals surface area contributed by atoms with Crippen LogP contribution in [0.15, 0.2) is 60.7 Å². The Kier molecular flexibility index (Phi) is 6.32. The molecule has 2 rings (SSSR count). The smallest absolute Gasteiger partial charge is 0.412 e. The summed E-state index contributed by atoms with van der Waals surface area (Å²) in [5.41, 5.74) is 0. The van der Waals surface area contributed by atoms with Gasteiger partial charge in [0.2, 0.25) is 0 Å². The topological polar surface area (TPSA) is 64.6 Å². The van der Waals surface area contributed by atoms with Gasteiger partial charge in [0.25, 0.3) is 0 Å². The van der Waals surface area contributed by atoms with Crippen LogP contribution in [0.25, 0.3) is 0 Å². The zero-order valence-corrected chi connectivity index (χ0v) is 12.5. The minimum atomic E-state index is -0.553. The normalized spacial score (nSPS) is 9.82. The monoisotopic (exact) mass is 317 g/mol. The molecular weight excluding hydrogens is 302 g/mol. The van der Waals surface area contributed by atoms with Crippen molar-refractivity contribution in [1.29, 1.82) is 0 Å². The summed E-state index contributed by atoms with van der Waals surface area (Å²) in [6, 6.07) is 17.6. The van der Waals surface area contributed by atoms with Gasteiger partial charge in [-0.3, -0.25) is 0 Å². The van der Waals surface area contributed by atoms with Crippen molar-refractivity contribution >= 4 is 23.2 Å². The molecule has 0 radical (unpaired) electrons. The van der Waals surface area contributed by atoms with Gasteiger partial charge in [-0.1, -0.05) is 36.4 Å². The molecule has 5 nitrogen and oxygen atoms in total. The standard InChI is InChI=1S/C16H15NO4S/c18-15(20-13-7-3-1-4-8-13)17-11-12-22-16(19)21-14-9-5-2-6-10-14/h1-10H,11-12H2,(H,17,18). The van der Waals surface area contributed by atoms with Crippen molar-refractivity contribution < 1.29 is 19.1 Å². The van der Waals surface area contributed by atoms with Crippen LogP contribution in [0.3, 0.4) is 0 Å². The van der Waals surface area contributed by atoms with Crippen LogP contribution in [-0.4, -0.2) is 23.7 Å². The number of amides is 1. The molecule has 0 saturated carbocycles. The van der Waals surface area contributed by atoms with E-state index in [4.69, 9.17) is 9.47 Å². The van der Waals surface area contributed by atoms with Gasteiger partial charge in [-0.25, -0.2) is 9.59 Å². The predicted molar refractivity (Wildman–Crippen MR) is 85.4 cm³/mol. The van der Waals surface area contributed by atoms with E-state index in [1.54, 1.807) is 48.5 Å². The number of benzene rings is 2. The zero-order valence-electron chi connectivity index (χ0n) is 11.7. The molecule has 0 aliphatic carbocycles. The molecule has 1 amide bonds. The molecule has 0 aromatic heterocycles. The molecule has 0 bridgehead atoms. The van der Waals surface area contributed by atoms with Gasteiger partial charge in [-0.2, -0.15) is 0 Å². The quantitative estimate of drug-likeness (QED) is 0.673. The average molecular weight is 317 g/mol. The van der Waals surface area contributed by atoms with Crippen molar-refractivity contribution in [3.63, 3.8) is 0 Å². The number of rotatable bonds is 5. The second kappa shape index (κ2) is 8.74. The largest absolute Gasteiger partial charge is 0.418 e. The fourth-order valence-corrected chi connectivity index (χ4v) is 2.06. The molecule has 114 valence electrons. The summed E-state index contributed by atoms with van der Waals surface area (Å²) >= 11 is 0.988. The molecule has 0 atom stereocenters. The molecule has 2 aromatic rings. The van der Waals surface area contributed by atoms with Gasteiger partial charge in [0.1, 0.15) is 11.5 Å². The number of para-hydroxylation sites is 2. The van der Waals surface area contributed by atoms with E-state index in [1.807, 2.05) is 12.1 Å². The first-order valence-corrected chi connectivity index (χ1v) is 7.63. The molecule has 0 aliphatic heterocycles. The first kappa shape index (κ1) is 15.9. The van der Waals surface area contributed by atoms with Crippen molar-refractivity contribution in [2.45, 2.75) is 0 Å². The lowest BCUT2D eigenvalue weighted by Crippen LogP contribution is -2.29. The molecular formula is C16H15NO4S. The molecule has 1 N–H and O–H groups in total. The first-order valence-electron chi connectivity index (χ1n) is 6.64. The van der Waals surface area contributed by atoms with Gasteiger partial charge in [0.05, 0.1) is 0 Å². The summed E-state index contributed by atoms with van der Waals surface area (Å²) in [4.78, 5) is 23.0. The van der Waals surface area contributed by atoms with Gasteiger partial charge in [0.15, 0.2) is 0 Å². The fourth-order valence-electron chi connectivity index (χ4n) is 1.53. The maximum Gasteiger partial charge on any atom is 0.412 e. The van der Waals surface area contributed by atoms with Crippen LogP contribution < -0.4 is 14.8 Å². The van der Waals surface area contributed by atoms with E-state index in [1.165, 1.54) is 0 Å². The van der Waals surface area contributed by atoms with Crippen LogP contribution >= 0.6 is 11.8 Å². The van der Waals surface area contributed by atoms with Crippen molar-refractivity contribution in [2.75, 3.05) is 12.3 Å². The molecule has 0 fully saturated rings. The Bertz CT molecular complexity index is 549. The highest BCUT2D eigenvalue weighted by Crippen LogP contribution is 2.13. The summed E-state index contributed by atoms with van der Waals surface area (Å²) in [7, 11) is 0. The summed E-state index contributed by atoms with van der Waals surface area (Å²) in [6.45, 7) is 0.306. The van der Waals surface area contributed by atoms with E-state index >= 15 is 0 Å². The highest BCUT2D eigenvalue weighted by atomic mass is 32.2. The summed E-state index contributed by atoms with van der Waals surface area (Å²) in [6.07, 6.45) is -0.553. The van der Waals surface area contributed by atoms with E-state index in [-0.39, 0.29) is 0 Å². The van der Waals surface area contributed by atoms with Crippen molar-refractivity contribution in [2.24, 2.45) is 0 Å². The van der Waals surface area contributed by atoms with E-state index in [0.717, 1.165) is 11.8 Å². The summed E-state index contributed by atoms with van der Waals surface area (Å²) in [5, 5.41) is 2.15. The van der Waals surface area contributed by atoms with Crippen LogP contribution in [0, 0.1) is 0 Å². The molecule has 0 saturated heterocycles. The number of carbonyl (C=O) groups is 2. The Balaban J connectivity index is 1.60. The van der Waals surface area contributed by atoms with Gasteiger partial charge in [0, 0.05) is 12.3 Å². The number of thioether (sulfide) groups is 1. The van der Waals surface area contributed by atoms with E-state index < -0.39 is 11.4 Å². The van der Waals surface area contributed by atoms with Gasteiger partial charge < -0.3 is 14.8 Å². The highest BCUT2D eigenvalue weighted by molar-refractivity contribution is 8.13. The van der Waals surface area contributed by atoms with Crippen LogP contribution in [0.5, 0.6) is 11.5 Å². The van der Waals surface area contributed by atoms with Crippen LogP contribution in [-0.2, 0) is 0 Å². The number of hydrogen-bond acceptors (Lipinski definition) is 5. The SMILES string of the molecule is O=C(NCCSC(=O)Oc1ccccc1)Oc1ccccc1. The molecule has 6 heteroatoms. The van der Waals surface area contributed by atoms with Gasteiger partial charge in [-0.15, -0.1) is 0 Å². The molecule has 0 heterocycles. The van der Waals surface area contributed by atoms with Crippen molar-refractivity contribution in [3.05, 3.63) is 60.7 Å². The Morgan fingerprint density at radius 2 is 1.41 bits per heavy atom. The number of ether oxygens (including phenoxy) is 2. The maximum absolute atomic E-state index is 11.5. The third kappa shape index (κ3) is 5.88. The third-order valence-corrected chi connectivity index (χ3v) is 3.22. The van der Waals surface area contributed by atoms with E-state index in [9.17, 15) is 9.59 Å². The maximum atomic E-state index is 11.5. The van der Waals surface area contributed by atoms with Crippen molar-refractivity contribution in [1.82, 2.24) is 5.32 Å². The Morgan fingerprint density at radius 3 is 2.00 bits per heavy atom. The minimum Gasteiger partial charge on any atom is -0.418 e. The zero-order chi connectivity index (χ0) is 15.6. The lowest BCUT2D eigenvalue weighted by molar-refractivity contribution is 0.201. The summed E-state index contributed by atoms with van der Waals surface area (Å²) in [5.74, 6) is 1.36. The molecule has 0 unspecified atom stereocenters. The lowest BCUT2D eigenvalue weighted by atomic mass is 10.3.